The molecule has 3 heteroatoms. The van der Waals surface area contributed by atoms with E-state index in [2.05, 4.69) is 4.99 Å². The Morgan fingerprint density at radius 1 is 0.722 bits per heavy atom. The van der Waals surface area contributed by atoms with E-state index in [1.807, 2.05) is 54.6 Å². The largest absolute Gasteiger partial charge is 0.264 e. The van der Waals surface area contributed by atoms with E-state index in [-0.39, 0.29) is 0 Å². The Bertz CT molecular complexity index is 501. The van der Waals surface area contributed by atoms with Gasteiger partial charge in [0.25, 0.3) is 0 Å². The van der Waals surface area contributed by atoms with Crippen molar-refractivity contribution in [2.75, 3.05) is 0 Å². The summed E-state index contributed by atoms with van der Waals surface area (Å²) in [6, 6.07) is 15.1. The quantitative estimate of drug-likeness (QED) is 0.693. The molecule has 0 bridgehead atoms. The molecule has 0 aromatic heterocycles. The Morgan fingerprint density at radius 3 is 1.78 bits per heavy atom. The van der Waals surface area contributed by atoms with Crippen molar-refractivity contribution in [1.82, 2.24) is 0 Å². The molecule has 0 spiro atoms. The Kier molecular flexibility index (Phi) is 4.57. The number of rotatable bonds is 3. The van der Waals surface area contributed by atoms with Crippen LogP contribution in [0.15, 0.2) is 59.7 Å². The Hall–Kier alpha value is -1.57. The third kappa shape index (κ3) is 4.02. The van der Waals surface area contributed by atoms with Gasteiger partial charge in [-0.3, -0.25) is 4.99 Å². The molecule has 18 heavy (non-hydrogen) atoms. The lowest BCUT2D eigenvalue weighted by atomic mass is 10.2. The molecule has 2 aromatic rings. The third-order valence-corrected chi connectivity index (χ3v) is 2.82. The zero-order valence-corrected chi connectivity index (χ0v) is 11.1. The van der Waals surface area contributed by atoms with Crippen LogP contribution in [0.4, 0.5) is 0 Å². The molecule has 0 aliphatic rings. The minimum Gasteiger partial charge on any atom is -0.264 e. The van der Waals surface area contributed by atoms with Crippen LogP contribution in [0.25, 0.3) is 6.08 Å². The Labute approximate surface area is 116 Å². The van der Waals surface area contributed by atoms with Gasteiger partial charge in [0.05, 0.1) is 0 Å². The number of aliphatic imine (C=N–C) groups is 1. The third-order valence-electron chi connectivity index (χ3n) is 2.32. The summed E-state index contributed by atoms with van der Waals surface area (Å²) in [4.78, 5) is 4.21. The molecule has 2 rings (SSSR count). The van der Waals surface area contributed by atoms with Crippen molar-refractivity contribution >= 4 is 35.5 Å². The summed E-state index contributed by atoms with van der Waals surface area (Å²) in [5, 5.41) is 1.46. The van der Waals surface area contributed by atoms with Crippen LogP contribution in [-0.4, -0.2) is 6.21 Å². The minimum absolute atomic E-state index is 0.726. The van der Waals surface area contributed by atoms with E-state index in [0.717, 1.165) is 21.2 Å². The molecule has 2 aromatic carbocycles. The van der Waals surface area contributed by atoms with Crippen molar-refractivity contribution < 1.29 is 0 Å². The van der Waals surface area contributed by atoms with Crippen LogP contribution in [0, 0.1) is 0 Å². The predicted octanol–water partition coefficient (Wildman–Crippen LogP) is 5.08. The first kappa shape index (κ1) is 12.9. The monoisotopic (exact) mass is 275 g/mol. The zero-order valence-electron chi connectivity index (χ0n) is 9.55. The summed E-state index contributed by atoms with van der Waals surface area (Å²) in [6.45, 7) is 0. The predicted molar refractivity (Wildman–Crippen MR) is 79.5 cm³/mol. The maximum atomic E-state index is 5.80. The average molecular weight is 276 g/mol. The molecule has 0 radical (unpaired) electrons. The average Bonchev–Trinajstić information content (AvgIpc) is 2.39. The van der Waals surface area contributed by atoms with Crippen LogP contribution in [-0.2, 0) is 0 Å². The van der Waals surface area contributed by atoms with E-state index < -0.39 is 0 Å². The minimum atomic E-state index is 0.726. The summed E-state index contributed by atoms with van der Waals surface area (Å²) < 4.78 is 0. The van der Waals surface area contributed by atoms with E-state index in [1.54, 1.807) is 12.4 Å². The van der Waals surface area contributed by atoms with Gasteiger partial charge in [-0.25, -0.2) is 0 Å². The molecule has 1 nitrogen and oxygen atoms in total. The second-order valence-corrected chi connectivity index (χ2v) is 4.57. The van der Waals surface area contributed by atoms with Crippen LogP contribution < -0.4 is 0 Å². The molecule has 0 atom stereocenters. The normalized spacial score (nSPS) is 11.4. The number of benzene rings is 2. The highest BCUT2D eigenvalue weighted by Crippen LogP contribution is 2.11. The van der Waals surface area contributed by atoms with Crippen LogP contribution >= 0.6 is 23.2 Å². The second kappa shape index (κ2) is 6.39. The van der Waals surface area contributed by atoms with Gasteiger partial charge < -0.3 is 0 Å². The molecule has 0 amide bonds. The maximum absolute atomic E-state index is 5.80. The first-order valence-electron chi connectivity index (χ1n) is 5.45. The number of hydrogen-bond donors (Lipinski definition) is 0. The van der Waals surface area contributed by atoms with E-state index in [9.17, 15) is 0 Å². The van der Waals surface area contributed by atoms with Crippen LogP contribution in [0.2, 0.25) is 10.0 Å². The van der Waals surface area contributed by atoms with Gasteiger partial charge >= 0.3 is 0 Å². The number of hydrogen-bond acceptors (Lipinski definition) is 1. The second-order valence-electron chi connectivity index (χ2n) is 3.70. The van der Waals surface area contributed by atoms with Gasteiger partial charge in [-0.05, 0) is 41.5 Å². The van der Waals surface area contributed by atoms with Gasteiger partial charge in [-0.2, -0.15) is 0 Å². The standard InChI is InChI=1S/C15H11Cl2N/c16-14-5-1-12(2-6-14)9-10-18-11-13-3-7-15(17)8-4-13/h1-11H/b10-9-,18-11?. The SMILES string of the molecule is Clc1ccc(C=N/C=C\c2ccc(Cl)cc2)cc1. The lowest BCUT2D eigenvalue weighted by Crippen LogP contribution is -1.77. The van der Waals surface area contributed by atoms with Gasteiger partial charge in [-0.15, -0.1) is 0 Å². The van der Waals surface area contributed by atoms with Gasteiger partial charge in [0.1, 0.15) is 0 Å². The van der Waals surface area contributed by atoms with Crippen molar-refractivity contribution in [1.29, 1.82) is 0 Å². The molecule has 0 aliphatic heterocycles. The van der Waals surface area contributed by atoms with E-state index >= 15 is 0 Å². The summed E-state index contributed by atoms with van der Waals surface area (Å²) in [7, 11) is 0. The molecule has 0 aliphatic carbocycles. The number of nitrogens with zero attached hydrogens (tertiary/aromatic N) is 1. The molecule has 90 valence electrons. The van der Waals surface area contributed by atoms with Crippen molar-refractivity contribution in [2.24, 2.45) is 4.99 Å². The summed E-state index contributed by atoms with van der Waals surface area (Å²) in [5.41, 5.74) is 2.08. The lowest BCUT2D eigenvalue weighted by Gasteiger charge is -1.92. The van der Waals surface area contributed by atoms with Gasteiger partial charge in [0, 0.05) is 22.5 Å². The first-order chi connectivity index (χ1) is 8.74. The van der Waals surface area contributed by atoms with E-state index in [1.165, 1.54) is 0 Å². The Morgan fingerprint density at radius 2 is 1.22 bits per heavy atom. The van der Waals surface area contributed by atoms with Crippen molar-refractivity contribution in [3.05, 3.63) is 75.9 Å². The molecule has 0 saturated heterocycles. The van der Waals surface area contributed by atoms with E-state index in [0.29, 0.717) is 0 Å². The van der Waals surface area contributed by atoms with Gasteiger partial charge in [-0.1, -0.05) is 47.5 Å². The van der Waals surface area contributed by atoms with Crippen LogP contribution in [0.5, 0.6) is 0 Å². The fourth-order valence-electron chi connectivity index (χ4n) is 1.38. The summed E-state index contributed by atoms with van der Waals surface area (Å²) >= 11 is 11.6. The summed E-state index contributed by atoms with van der Waals surface area (Å²) in [5.74, 6) is 0. The van der Waals surface area contributed by atoms with E-state index in [4.69, 9.17) is 23.2 Å². The van der Waals surface area contributed by atoms with Crippen molar-refractivity contribution in [3.63, 3.8) is 0 Å². The molecular formula is C15H11Cl2N. The number of halogens is 2. The van der Waals surface area contributed by atoms with Crippen molar-refractivity contribution in [3.8, 4) is 0 Å². The fourth-order valence-corrected chi connectivity index (χ4v) is 1.63. The smallest absolute Gasteiger partial charge is 0.0406 e. The molecule has 0 saturated carbocycles. The van der Waals surface area contributed by atoms with Gasteiger partial charge in [0.15, 0.2) is 0 Å². The molecular weight excluding hydrogens is 265 g/mol. The molecule has 0 heterocycles. The molecule has 0 N–H and O–H groups in total. The van der Waals surface area contributed by atoms with Crippen molar-refractivity contribution in [2.45, 2.75) is 0 Å². The van der Waals surface area contributed by atoms with Crippen LogP contribution in [0.1, 0.15) is 11.1 Å². The summed E-state index contributed by atoms with van der Waals surface area (Å²) in [6.07, 6.45) is 5.45. The maximum Gasteiger partial charge on any atom is 0.0406 e. The highest BCUT2D eigenvalue weighted by molar-refractivity contribution is 6.30. The molecule has 0 unspecified atom stereocenters. The molecule has 0 fully saturated rings. The first-order valence-corrected chi connectivity index (χ1v) is 6.20. The van der Waals surface area contributed by atoms with Crippen LogP contribution in [0.3, 0.4) is 0 Å². The lowest BCUT2D eigenvalue weighted by molar-refractivity contribution is 1.57. The highest BCUT2D eigenvalue weighted by atomic mass is 35.5. The highest BCUT2D eigenvalue weighted by Gasteiger charge is 1.88. The fraction of sp³-hybridized carbons (Fsp3) is 0. The zero-order chi connectivity index (χ0) is 12.8. The van der Waals surface area contributed by atoms with Gasteiger partial charge in [0.2, 0.25) is 0 Å². The Balaban J connectivity index is 1.98. The topological polar surface area (TPSA) is 12.4 Å².